The Morgan fingerprint density at radius 1 is 1.00 bits per heavy atom. The number of carbonyl (C=O) groups is 2. The van der Waals surface area contributed by atoms with Gasteiger partial charge in [0.15, 0.2) is 5.69 Å². The van der Waals surface area contributed by atoms with Crippen LogP contribution in [0.25, 0.3) is 11.5 Å². The maximum atomic E-state index is 12.6. The van der Waals surface area contributed by atoms with E-state index in [9.17, 15) is 9.59 Å². The van der Waals surface area contributed by atoms with Crippen molar-refractivity contribution in [1.82, 2.24) is 10.3 Å². The number of amides is 1. The van der Waals surface area contributed by atoms with Crippen molar-refractivity contribution in [2.45, 2.75) is 70.6 Å². The van der Waals surface area contributed by atoms with E-state index in [4.69, 9.17) is 9.52 Å². The van der Waals surface area contributed by atoms with E-state index in [2.05, 4.69) is 10.3 Å². The van der Waals surface area contributed by atoms with Crippen molar-refractivity contribution in [2.75, 3.05) is 6.54 Å². The molecule has 6 heteroatoms. The van der Waals surface area contributed by atoms with Crippen molar-refractivity contribution in [2.24, 2.45) is 5.92 Å². The number of carboxylic acids is 1. The minimum atomic E-state index is -0.797. The normalized spacial score (nSPS) is 14.0. The van der Waals surface area contributed by atoms with Crippen LogP contribution in [-0.2, 0) is 17.6 Å². The van der Waals surface area contributed by atoms with E-state index in [1.807, 2.05) is 48.5 Å². The lowest BCUT2D eigenvalue weighted by Crippen LogP contribution is -2.24. The van der Waals surface area contributed by atoms with Crippen molar-refractivity contribution >= 4 is 11.9 Å². The molecule has 1 heterocycles. The molecule has 0 unspecified atom stereocenters. The average molecular weight is 489 g/mol. The molecular weight excluding hydrogens is 452 g/mol. The molecule has 1 amide bonds. The molecule has 1 aliphatic carbocycles. The first-order chi connectivity index (χ1) is 17.6. The zero-order chi connectivity index (χ0) is 25.2. The Kier molecular flexibility index (Phi) is 9.31. The third-order valence-corrected chi connectivity index (χ3v) is 7.05. The number of aliphatic carboxylic acids is 1. The molecule has 6 nitrogen and oxygen atoms in total. The van der Waals surface area contributed by atoms with Crippen molar-refractivity contribution in [3.63, 3.8) is 0 Å². The van der Waals surface area contributed by atoms with E-state index < -0.39 is 5.97 Å². The Labute approximate surface area is 213 Å². The molecule has 0 bridgehead atoms. The summed E-state index contributed by atoms with van der Waals surface area (Å²) < 4.78 is 5.71. The van der Waals surface area contributed by atoms with Crippen LogP contribution < -0.4 is 5.32 Å². The van der Waals surface area contributed by atoms with Crippen LogP contribution in [0.5, 0.6) is 0 Å². The zero-order valence-electron chi connectivity index (χ0n) is 20.9. The Balaban J connectivity index is 1.32. The van der Waals surface area contributed by atoms with Crippen LogP contribution >= 0.6 is 0 Å². The number of carbonyl (C=O) groups excluding carboxylic acids is 1. The van der Waals surface area contributed by atoms with Gasteiger partial charge in [-0.2, -0.15) is 0 Å². The largest absolute Gasteiger partial charge is 0.481 e. The molecular formula is C30H36N2O4. The number of nitrogens with one attached hydrogen (secondary N) is 1. The predicted molar refractivity (Wildman–Crippen MR) is 140 cm³/mol. The molecule has 3 aromatic rings. The van der Waals surface area contributed by atoms with Gasteiger partial charge in [0, 0.05) is 18.5 Å². The highest BCUT2D eigenvalue weighted by atomic mass is 16.4. The molecule has 0 spiro atoms. The maximum Gasteiger partial charge on any atom is 0.303 e. The monoisotopic (exact) mass is 488 g/mol. The quantitative estimate of drug-likeness (QED) is 0.287. The highest BCUT2D eigenvalue weighted by Crippen LogP contribution is 2.28. The standard InChI is InChI=1S/C30H36N2O4/c33-28(34)17-16-23-12-8-13-24(19-23)20-25-14-4-5-15-26(25)30-32-27(21-36-30)29(35)31-18-7-6-11-22-9-2-1-3-10-22/h4-5,8,12-15,19,21-22H,1-3,6-7,9-11,16-18,20H2,(H,31,35)(H,33,34). The Morgan fingerprint density at radius 2 is 1.81 bits per heavy atom. The van der Waals surface area contributed by atoms with Crippen LogP contribution in [-0.4, -0.2) is 28.5 Å². The number of aromatic nitrogens is 1. The van der Waals surface area contributed by atoms with Crippen LogP contribution in [0.2, 0.25) is 0 Å². The van der Waals surface area contributed by atoms with E-state index in [1.54, 1.807) is 0 Å². The fraction of sp³-hybridized carbons (Fsp3) is 0.433. The van der Waals surface area contributed by atoms with Gasteiger partial charge in [-0.3, -0.25) is 9.59 Å². The van der Waals surface area contributed by atoms with Gasteiger partial charge in [-0.15, -0.1) is 0 Å². The highest BCUT2D eigenvalue weighted by molar-refractivity contribution is 5.92. The third-order valence-electron chi connectivity index (χ3n) is 7.05. The van der Waals surface area contributed by atoms with Gasteiger partial charge >= 0.3 is 5.97 Å². The summed E-state index contributed by atoms with van der Waals surface area (Å²) in [6, 6.07) is 15.9. The van der Waals surface area contributed by atoms with Crippen LogP contribution in [0.1, 0.15) is 85.0 Å². The average Bonchev–Trinajstić information content (AvgIpc) is 3.39. The second-order valence-corrected chi connectivity index (χ2v) is 9.84. The molecule has 0 saturated heterocycles. The number of carboxylic acid groups (broad SMARTS) is 1. The molecule has 190 valence electrons. The Morgan fingerprint density at radius 3 is 2.64 bits per heavy atom. The van der Waals surface area contributed by atoms with E-state index in [-0.39, 0.29) is 12.3 Å². The number of oxazole rings is 1. The van der Waals surface area contributed by atoms with Crippen molar-refractivity contribution in [3.05, 3.63) is 77.2 Å². The van der Waals surface area contributed by atoms with Gasteiger partial charge in [-0.25, -0.2) is 4.98 Å². The smallest absolute Gasteiger partial charge is 0.303 e. The molecule has 1 saturated carbocycles. The van der Waals surface area contributed by atoms with Gasteiger partial charge in [0.25, 0.3) is 5.91 Å². The maximum absolute atomic E-state index is 12.6. The molecule has 1 fully saturated rings. The summed E-state index contributed by atoms with van der Waals surface area (Å²) in [5, 5.41) is 11.9. The fourth-order valence-electron chi connectivity index (χ4n) is 5.08. The number of rotatable bonds is 12. The number of aryl methyl sites for hydroxylation is 1. The number of nitrogens with zero attached hydrogens (tertiary/aromatic N) is 1. The molecule has 2 aromatic carbocycles. The molecule has 0 radical (unpaired) electrons. The first kappa shape index (κ1) is 25.7. The second-order valence-electron chi connectivity index (χ2n) is 9.84. The second kappa shape index (κ2) is 13.1. The summed E-state index contributed by atoms with van der Waals surface area (Å²) in [5.74, 6) is 0.301. The first-order valence-electron chi connectivity index (χ1n) is 13.2. The molecule has 2 N–H and O–H groups in total. The zero-order valence-corrected chi connectivity index (χ0v) is 20.9. The minimum Gasteiger partial charge on any atom is -0.481 e. The SMILES string of the molecule is O=C(O)CCc1cccc(Cc2ccccc2-c2nc(C(=O)NCCCCC3CCCCC3)co2)c1. The number of benzene rings is 2. The summed E-state index contributed by atoms with van der Waals surface area (Å²) >= 11 is 0. The van der Waals surface area contributed by atoms with Crippen molar-refractivity contribution in [3.8, 4) is 11.5 Å². The summed E-state index contributed by atoms with van der Waals surface area (Å²) in [6.07, 6.45) is 13.0. The number of hydrogen-bond acceptors (Lipinski definition) is 4. The van der Waals surface area contributed by atoms with E-state index in [0.717, 1.165) is 41.0 Å². The van der Waals surface area contributed by atoms with Crippen molar-refractivity contribution < 1.29 is 19.1 Å². The lowest BCUT2D eigenvalue weighted by Gasteiger charge is -2.21. The molecule has 0 aliphatic heterocycles. The van der Waals surface area contributed by atoms with Gasteiger partial charge in [-0.05, 0) is 47.9 Å². The van der Waals surface area contributed by atoms with Gasteiger partial charge in [-0.1, -0.05) is 87.4 Å². The minimum absolute atomic E-state index is 0.113. The van der Waals surface area contributed by atoms with Crippen LogP contribution in [0, 0.1) is 5.92 Å². The molecule has 0 atom stereocenters. The Hall–Kier alpha value is -3.41. The topological polar surface area (TPSA) is 92.4 Å². The molecule has 4 rings (SSSR count). The molecule has 1 aliphatic rings. The fourth-order valence-corrected chi connectivity index (χ4v) is 5.08. The summed E-state index contributed by atoms with van der Waals surface area (Å²) in [6.45, 7) is 0.655. The summed E-state index contributed by atoms with van der Waals surface area (Å²) in [5.41, 5.74) is 4.26. The molecule has 36 heavy (non-hydrogen) atoms. The van der Waals surface area contributed by atoms with E-state index in [0.29, 0.717) is 31.0 Å². The summed E-state index contributed by atoms with van der Waals surface area (Å²) in [7, 11) is 0. The highest BCUT2D eigenvalue weighted by Gasteiger charge is 2.16. The van der Waals surface area contributed by atoms with Gasteiger partial charge in [0.05, 0.1) is 0 Å². The van der Waals surface area contributed by atoms with Gasteiger partial charge < -0.3 is 14.8 Å². The van der Waals surface area contributed by atoms with Crippen LogP contribution in [0.3, 0.4) is 0 Å². The van der Waals surface area contributed by atoms with Crippen LogP contribution in [0.15, 0.2) is 59.2 Å². The molecule has 1 aromatic heterocycles. The van der Waals surface area contributed by atoms with Gasteiger partial charge in [0.2, 0.25) is 5.89 Å². The Bertz CT molecular complexity index is 1150. The number of unbranched alkanes of at least 4 members (excludes halogenated alkanes) is 1. The van der Waals surface area contributed by atoms with Crippen LogP contribution in [0.4, 0.5) is 0 Å². The van der Waals surface area contributed by atoms with E-state index in [1.165, 1.54) is 44.8 Å². The van der Waals surface area contributed by atoms with E-state index >= 15 is 0 Å². The lowest BCUT2D eigenvalue weighted by atomic mass is 9.86. The third kappa shape index (κ3) is 7.54. The predicted octanol–water partition coefficient (Wildman–Crippen LogP) is 6.43. The summed E-state index contributed by atoms with van der Waals surface area (Å²) in [4.78, 5) is 28.0. The lowest BCUT2D eigenvalue weighted by molar-refractivity contribution is -0.136. The number of hydrogen-bond donors (Lipinski definition) is 2. The first-order valence-corrected chi connectivity index (χ1v) is 13.2. The van der Waals surface area contributed by atoms with Gasteiger partial charge in [0.1, 0.15) is 6.26 Å². The van der Waals surface area contributed by atoms with Crippen molar-refractivity contribution in [1.29, 1.82) is 0 Å².